The van der Waals surface area contributed by atoms with Crippen LogP contribution in [0, 0.1) is 5.82 Å². The van der Waals surface area contributed by atoms with Gasteiger partial charge < -0.3 is 10.6 Å². The summed E-state index contributed by atoms with van der Waals surface area (Å²) < 4.78 is 13.6. The van der Waals surface area contributed by atoms with Crippen LogP contribution in [0.1, 0.15) is 24.8 Å². The minimum absolute atomic E-state index is 0.0131. The molecule has 0 bridgehead atoms. The van der Waals surface area contributed by atoms with Crippen molar-refractivity contribution >= 4 is 5.91 Å². The summed E-state index contributed by atoms with van der Waals surface area (Å²) in [4.78, 5) is 14.2. The van der Waals surface area contributed by atoms with E-state index in [-0.39, 0.29) is 17.6 Å². The van der Waals surface area contributed by atoms with E-state index in [0.717, 1.165) is 32.7 Å². The Labute approximate surface area is 125 Å². The zero-order valence-corrected chi connectivity index (χ0v) is 12.6. The molecule has 1 heterocycles. The first-order valence-electron chi connectivity index (χ1n) is 7.61. The Bertz CT molecular complexity index is 461. The summed E-state index contributed by atoms with van der Waals surface area (Å²) in [5, 5.41) is 6.23. The lowest BCUT2D eigenvalue weighted by Gasteiger charge is -2.27. The Balaban J connectivity index is 1.70. The summed E-state index contributed by atoms with van der Waals surface area (Å²) >= 11 is 0. The Hall–Kier alpha value is -1.46. The van der Waals surface area contributed by atoms with E-state index in [1.807, 2.05) is 6.92 Å². The Morgan fingerprint density at radius 3 is 2.81 bits per heavy atom. The third kappa shape index (κ3) is 5.10. The quantitative estimate of drug-likeness (QED) is 0.832. The molecule has 1 atom stereocenters. The number of carbonyl (C=O) groups is 1. The number of piperazine rings is 1. The minimum Gasteiger partial charge on any atom is -0.355 e. The summed E-state index contributed by atoms with van der Waals surface area (Å²) in [5.74, 6) is -0.357. The Morgan fingerprint density at radius 1 is 1.38 bits per heavy atom. The molecule has 2 N–H and O–H groups in total. The molecule has 1 amide bonds. The van der Waals surface area contributed by atoms with Crippen LogP contribution < -0.4 is 10.6 Å². The first-order chi connectivity index (χ1) is 10.2. The van der Waals surface area contributed by atoms with Crippen LogP contribution in [-0.2, 0) is 4.79 Å². The van der Waals surface area contributed by atoms with Crippen LogP contribution in [0.2, 0.25) is 0 Å². The van der Waals surface area contributed by atoms with Crippen LogP contribution in [0.5, 0.6) is 0 Å². The molecule has 2 rings (SSSR count). The van der Waals surface area contributed by atoms with Gasteiger partial charge in [-0.25, -0.2) is 4.39 Å². The molecule has 1 aliphatic heterocycles. The Kier molecular flexibility index (Phi) is 6.14. The molecule has 1 fully saturated rings. The first-order valence-corrected chi connectivity index (χ1v) is 7.61. The minimum atomic E-state index is -0.237. The van der Waals surface area contributed by atoms with Crippen LogP contribution >= 0.6 is 0 Å². The molecule has 0 saturated carbocycles. The van der Waals surface area contributed by atoms with Gasteiger partial charge in [0.2, 0.25) is 5.91 Å². The molecule has 0 radical (unpaired) electrons. The van der Waals surface area contributed by atoms with Gasteiger partial charge >= 0.3 is 0 Å². The van der Waals surface area contributed by atoms with E-state index in [0.29, 0.717) is 18.5 Å². The van der Waals surface area contributed by atoms with Crippen molar-refractivity contribution in [1.82, 2.24) is 15.5 Å². The van der Waals surface area contributed by atoms with E-state index in [2.05, 4.69) is 15.5 Å². The second-order valence-electron chi connectivity index (χ2n) is 5.57. The summed E-state index contributed by atoms with van der Waals surface area (Å²) in [7, 11) is 0. The fraction of sp³-hybridized carbons (Fsp3) is 0.562. The predicted octanol–water partition coefficient (Wildman–Crippen LogP) is 1.34. The van der Waals surface area contributed by atoms with E-state index >= 15 is 0 Å². The number of amides is 1. The maximum Gasteiger partial charge on any atom is 0.220 e. The number of hydrogen-bond donors (Lipinski definition) is 2. The first kappa shape index (κ1) is 15.9. The van der Waals surface area contributed by atoms with Crippen molar-refractivity contribution in [3.05, 3.63) is 35.6 Å². The normalized spacial score (nSPS) is 17.4. The number of benzene rings is 1. The maximum absolute atomic E-state index is 13.6. The van der Waals surface area contributed by atoms with Gasteiger partial charge in [-0.05, 0) is 17.5 Å². The fourth-order valence-corrected chi connectivity index (χ4v) is 2.62. The highest BCUT2D eigenvalue weighted by molar-refractivity contribution is 5.76. The molecule has 1 aromatic rings. The molecule has 5 heteroatoms. The van der Waals surface area contributed by atoms with Crippen molar-refractivity contribution in [2.75, 3.05) is 39.3 Å². The molecule has 1 saturated heterocycles. The molecule has 21 heavy (non-hydrogen) atoms. The van der Waals surface area contributed by atoms with E-state index in [1.165, 1.54) is 6.07 Å². The topological polar surface area (TPSA) is 44.4 Å². The molecule has 1 aromatic carbocycles. The van der Waals surface area contributed by atoms with E-state index in [9.17, 15) is 9.18 Å². The second-order valence-corrected chi connectivity index (χ2v) is 5.57. The van der Waals surface area contributed by atoms with Gasteiger partial charge in [0, 0.05) is 45.7 Å². The zero-order chi connectivity index (χ0) is 15.1. The highest BCUT2D eigenvalue weighted by Crippen LogP contribution is 2.21. The maximum atomic E-state index is 13.6. The van der Waals surface area contributed by atoms with E-state index < -0.39 is 0 Å². The molecule has 4 nitrogen and oxygen atoms in total. The summed E-state index contributed by atoms with van der Waals surface area (Å²) in [6.07, 6.45) is 0.322. The van der Waals surface area contributed by atoms with Gasteiger partial charge in [-0.3, -0.25) is 9.69 Å². The number of nitrogens with zero attached hydrogens (tertiary/aromatic N) is 1. The van der Waals surface area contributed by atoms with Gasteiger partial charge in [0.05, 0.1) is 0 Å². The predicted molar refractivity (Wildman–Crippen MR) is 81.8 cm³/mol. The molecule has 1 unspecified atom stereocenters. The van der Waals surface area contributed by atoms with Gasteiger partial charge in [0.1, 0.15) is 5.82 Å². The van der Waals surface area contributed by atoms with Crippen LogP contribution in [0.25, 0.3) is 0 Å². The highest BCUT2D eigenvalue weighted by Gasteiger charge is 2.15. The van der Waals surface area contributed by atoms with E-state index in [4.69, 9.17) is 0 Å². The van der Waals surface area contributed by atoms with Gasteiger partial charge in [-0.1, -0.05) is 25.1 Å². The number of carbonyl (C=O) groups excluding carboxylic acids is 1. The van der Waals surface area contributed by atoms with Crippen LogP contribution in [0.15, 0.2) is 24.3 Å². The summed E-state index contributed by atoms with van der Waals surface area (Å²) in [5.41, 5.74) is 0.606. The summed E-state index contributed by atoms with van der Waals surface area (Å²) in [6.45, 7) is 7.50. The average Bonchev–Trinajstić information content (AvgIpc) is 2.48. The number of rotatable bonds is 6. The third-order valence-corrected chi connectivity index (χ3v) is 3.89. The largest absolute Gasteiger partial charge is 0.355 e. The van der Waals surface area contributed by atoms with Gasteiger partial charge in [-0.2, -0.15) is 0 Å². The molecular formula is C16H24FN3O. The molecule has 0 aromatic heterocycles. The lowest BCUT2D eigenvalue weighted by Crippen LogP contribution is -2.46. The smallest absolute Gasteiger partial charge is 0.220 e. The van der Waals surface area contributed by atoms with E-state index in [1.54, 1.807) is 18.2 Å². The van der Waals surface area contributed by atoms with Crippen LogP contribution in [0.3, 0.4) is 0 Å². The van der Waals surface area contributed by atoms with Gasteiger partial charge in [-0.15, -0.1) is 0 Å². The average molecular weight is 293 g/mol. The zero-order valence-electron chi connectivity index (χ0n) is 12.6. The Morgan fingerprint density at radius 2 is 2.10 bits per heavy atom. The number of hydrogen-bond acceptors (Lipinski definition) is 3. The third-order valence-electron chi connectivity index (χ3n) is 3.89. The standard InChI is InChI=1S/C16H24FN3O/c1-13(14-4-2-3-5-15(14)17)12-16(21)19-8-11-20-9-6-18-7-10-20/h2-5,13,18H,6-12H2,1H3,(H,19,21). The highest BCUT2D eigenvalue weighted by atomic mass is 19.1. The monoisotopic (exact) mass is 293 g/mol. The SMILES string of the molecule is CC(CC(=O)NCCN1CCNCC1)c1ccccc1F. The fourth-order valence-electron chi connectivity index (χ4n) is 2.62. The molecule has 116 valence electrons. The molecule has 0 spiro atoms. The van der Waals surface area contributed by atoms with Crippen molar-refractivity contribution in [3.63, 3.8) is 0 Å². The van der Waals surface area contributed by atoms with Gasteiger partial charge in [0.25, 0.3) is 0 Å². The van der Waals surface area contributed by atoms with Gasteiger partial charge in [0.15, 0.2) is 0 Å². The van der Waals surface area contributed by atoms with Crippen LogP contribution in [0.4, 0.5) is 4.39 Å². The number of nitrogens with one attached hydrogen (secondary N) is 2. The van der Waals surface area contributed by atoms with Crippen LogP contribution in [-0.4, -0.2) is 50.1 Å². The molecule has 0 aliphatic carbocycles. The lowest BCUT2D eigenvalue weighted by molar-refractivity contribution is -0.121. The van der Waals surface area contributed by atoms with Crippen molar-refractivity contribution < 1.29 is 9.18 Å². The van der Waals surface area contributed by atoms with Crippen molar-refractivity contribution in [1.29, 1.82) is 0 Å². The second kappa shape index (κ2) is 8.10. The van der Waals surface area contributed by atoms with Crippen molar-refractivity contribution in [2.24, 2.45) is 0 Å². The number of halogens is 1. The molecule has 1 aliphatic rings. The molecular weight excluding hydrogens is 269 g/mol. The lowest BCUT2D eigenvalue weighted by atomic mass is 9.97. The van der Waals surface area contributed by atoms with Crippen molar-refractivity contribution in [2.45, 2.75) is 19.3 Å². The van der Waals surface area contributed by atoms with Crippen molar-refractivity contribution in [3.8, 4) is 0 Å². The summed E-state index contributed by atoms with van der Waals surface area (Å²) in [6, 6.07) is 6.65.